The minimum atomic E-state index is -0.0858. The first-order valence-corrected chi connectivity index (χ1v) is 20.1. The molecule has 2 aromatic heterocycles. The third kappa shape index (κ3) is 4.66. The maximum absolute atomic E-state index is 2.51. The molecule has 0 amide bonds. The van der Waals surface area contributed by atoms with E-state index in [0.29, 0.717) is 0 Å². The SMILES string of the molecule is CC1(C)c2ccccc2-c2ccc(N(c3ccc(-c4ccccc4)cc3)c3ccc(-c4ccc5c(c4)c4cccc6c4n5-c4sccc4C6(C)C)cc3)cc21. The van der Waals surface area contributed by atoms with E-state index in [2.05, 4.69) is 206 Å². The highest BCUT2D eigenvalue weighted by Crippen LogP contribution is 2.52. The number of anilines is 3. The molecule has 0 N–H and O–H groups in total. The molecule has 3 heterocycles. The number of hydrogen-bond donors (Lipinski definition) is 0. The van der Waals surface area contributed by atoms with E-state index in [1.54, 1.807) is 0 Å². The van der Waals surface area contributed by atoms with Crippen LogP contribution in [0.2, 0.25) is 0 Å². The molecule has 1 aliphatic heterocycles. The summed E-state index contributed by atoms with van der Waals surface area (Å²) in [5.74, 6) is 0. The summed E-state index contributed by atoms with van der Waals surface area (Å²) >= 11 is 1.85. The third-order valence-corrected chi connectivity index (χ3v) is 13.4. The highest BCUT2D eigenvalue weighted by atomic mass is 32.1. The number of para-hydroxylation sites is 1. The Morgan fingerprint density at radius 2 is 1.04 bits per heavy atom. The Balaban J connectivity index is 1.02. The lowest BCUT2D eigenvalue weighted by Crippen LogP contribution is -2.24. The van der Waals surface area contributed by atoms with Crippen molar-refractivity contribution in [2.24, 2.45) is 0 Å². The van der Waals surface area contributed by atoms with Crippen molar-refractivity contribution >= 4 is 50.2 Å². The molecule has 0 saturated carbocycles. The Labute approximate surface area is 326 Å². The van der Waals surface area contributed by atoms with Crippen LogP contribution in [-0.2, 0) is 10.8 Å². The predicted octanol–water partition coefficient (Wildman–Crippen LogP) is 14.6. The maximum Gasteiger partial charge on any atom is 0.104 e. The zero-order valence-electron chi connectivity index (χ0n) is 31.5. The molecule has 3 heteroatoms. The molecule has 7 aromatic carbocycles. The van der Waals surface area contributed by atoms with Gasteiger partial charge in [0.1, 0.15) is 5.00 Å². The molecule has 1 aliphatic carbocycles. The van der Waals surface area contributed by atoms with Crippen LogP contribution in [0.15, 0.2) is 169 Å². The van der Waals surface area contributed by atoms with E-state index in [1.807, 2.05) is 11.3 Å². The molecule has 0 unspecified atom stereocenters. The predicted molar refractivity (Wildman–Crippen MR) is 234 cm³/mol. The van der Waals surface area contributed by atoms with Crippen LogP contribution in [0.4, 0.5) is 17.1 Å². The van der Waals surface area contributed by atoms with E-state index >= 15 is 0 Å². The van der Waals surface area contributed by atoms with E-state index in [9.17, 15) is 0 Å². The summed E-state index contributed by atoms with van der Waals surface area (Å²) in [6, 6.07) is 60.9. The largest absolute Gasteiger partial charge is 0.310 e. The van der Waals surface area contributed by atoms with Crippen LogP contribution >= 0.6 is 11.3 Å². The summed E-state index contributed by atoms with van der Waals surface area (Å²) in [7, 11) is 0. The van der Waals surface area contributed by atoms with Gasteiger partial charge < -0.3 is 9.47 Å². The number of fused-ring (bicyclic) bond motifs is 8. The second-order valence-electron chi connectivity index (χ2n) is 16.2. The van der Waals surface area contributed by atoms with Crippen molar-refractivity contribution in [1.82, 2.24) is 4.57 Å². The third-order valence-electron chi connectivity index (χ3n) is 12.5. The lowest BCUT2D eigenvalue weighted by Gasteiger charge is -2.32. The van der Waals surface area contributed by atoms with E-state index in [4.69, 9.17) is 0 Å². The fraction of sp³-hybridized carbons (Fsp3) is 0.115. The highest BCUT2D eigenvalue weighted by Gasteiger charge is 2.37. The van der Waals surface area contributed by atoms with E-state index in [1.165, 1.54) is 82.4 Å². The molecular formula is C52H40N2S. The molecule has 0 bridgehead atoms. The van der Waals surface area contributed by atoms with Crippen LogP contribution in [-0.4, -0.2) is 4.57 Å². The van der Waals surface area contributed by atoms with Crippen LogP contribution in [0.3, 0.4) is 0 Å². The maximum atomic E-state index is 2.51. The Hall–Kier alpha value is -6.16. The van der Waals surface area contributed by atoms with Gasteiger partial charge in [0.15, 0.2) is 0 Å². The molecule has 0 radical (unpaired) electrons. The quantitative estimate of drug-likeness (QED) is 0.172. The van der Waals surface area contributed by atoms with Gasteiger partial charge in [0.05, 0.1) is 11.0 Å². The van der Waals surface area contributed by atoms with E-state index in [0.717, 1.165) is 17.1 Å². The molecule has 9 aromatic rings. The Morgan fingerprint density at radius 3 is 1.80 bits per heavy atom. The second-order valence-corrected chi connectivity index (χ2v) is 17.1. The monoisotopic (exact) mass is 724 g/mol. The van der Waals surface area contributed by atoms with Crippen molar-refractivity contribution in [2.75, 3.05) is 4.90 Å². The normalized spacial score (nSPS) is 14.5. The van der Waals surface area contributed by atoms with E-state index < -0.39 is 0 Å². The molecule has 0 saturated heterocycles. The fourth-order valence-corrected chi connectivity index (χ4v) is 10.7. The van der Waals surface area contributed by atoms with Crippen LogP contribution in [0.1, 0.15) is 49.9 Å². The average molecular weight is 725 g/mol. The number of benzene rings is 7. The molecule has 0 spiro atoms. The zero-order chi connectivity index (χ0) is 37.1. The first-order valence-electron chi connectivity index (χ1n) is 19.3. The number of hydrogen-bond acceptors (Lipinski definition) is 2. The lowest BCUT2D eigenvalue weighted by molar-refractivity contribution is 0.635. The summed E-state index contributed by atoms with van der Waals surface area (Å²) in [5.41, 5.74) is 19.0. The summed E-state index contributed by atoms with van der Waals surface area (Å²) in [6.07, 6.45) is 0. The van der Waals surface area contributed by atoms with Gasteiger partial charge in [-0.3, -0.25) is 0 Å². The summed E-state index contributed by atoms with van der Waals surface area (Å²) in [5, 5.41) is 6.22. The Morgan fingerprint density at radius 1 is 0.436 bits per heavy atom. The zero-order valence-corrected chi connectivity index (χ0v) is 32.3. The van der Waals surface area contributed by atoms with Crippen molar-refractivity contribution in [3.8, 4) is 38.4 Å². The minimum absolute atomic E-state index is 0.0375. The van der Waals surface area contributed by atoms with Gasteiger partial charge in [0.25, 0.3) is 0 Å². The van der Waals surface area contributed by atoms with Crippen molar-refractivity contribution < 1.29 is 0 Å². The first-order chi connectivity index (χ1) is 26.8. The average Bonchev–Trinajstić information content (AvgIpc) is 3.91. The molecule has 11 rings (SSSR count). The van der Waals surface area contributed by atoms with E-state index in [-0.39, 0.29) is 10.8 Å². The van der Waals surface area contributed by atoms with Gasteiger partial charge in [-0.25, -0.2) is 0 Å². The first kappa shape index (κ1) is 32.3. The van der Waals surface area contributed by atoms with Gasteiger partial charge in [0, 0.05) is 38.7 Å². The topological polar surface area (TPSA) is 8.17 Å². The van der Waals surface area contributed by atoms with Crippen LogP contribution in [0.5, 0.6) is 0 Å². The molecular weight excluding hydrogens is 685 g/mol. The second kappa shape index (κ2) is 11.7. The summed E-state index contributed by atoms with van der Waals surface area (Å²) < 4.78 is 2.51. The number of nitrogens with zero attached hydrogens (tertiary/aromatic N) is 2. The lowest BCUT2D eigenvalue weighted by atomic mass is 9.76. The number of rotatable bonds is 5. The highest BCUT2D eigenvalue weighted by molar-refractivity contribution is 7.12. The Kier molecular flexibility index (Phi) is 6.85. The fourth-order valence-electron chi connectivity index (χ4n) is 9.57. The van der Waals surface area contributed by atoms with Crippen molar-refractivity contribution in [3.05, 3.63) is 191 Å². The Bertz CT molecular complexity index is 2960. The molecule has 2 nitrogen and oxygen atoms in total. The minimum Gasteiger partial charge on any atom is -0.310 e. The molecule has 0 fully saturated rings. The summed E-state index contributed by atoms with van der Waals surface area (Å²) in [4.78, 5) is 2.41. The van der Waals surface area contributed by atoms with Gasteiger partial charge in [0.2, 0.25) is 0 Å². The van der Waals surface area contributed by atoms with Gasteiger partial charge in [-0.2, -0.15) is 0 Å². The molecule has 55 heavy (non-hydrogen) atoms. The number of aromatic nitrogens is 1. The van der Waals surface area contributed by atoms with Crippen molar-refractivity contribution in [2.45, 2.75) is 38.5 Å². The van der Waals surface area contributed by atoms with Gasteiger partial charge in [-0.1, -0.05) is 137 Å². The van der Waals surface area contributed by atoms with Crippen molar-refractivity contribution in [1.29, 1.82) is 0 Å². The van der Waals surface area contributed by atoms with Gasteiger partial charge in [-0.15, -0.1) is 11.3 Å². The van der Waals surface area contributed by atoms with Crippen LogP contribution in [0, 0.1) is 0 Å². The number of thiophene rings is 1. The van der Waals surface area contributed by atoms with Crippen molar-refractivity contribution in [3.63, 3.8) is 0 Å². The molecule has 0 atom stereocenters. The van der Waals surface area contributed by atoms with Gasteiger partial charge in [-0.05, 0) is 116 Å². The van der Waals surface area contributed by atoms with Gasteiger partial charge >= 0.3 is 0 Å². The summed E-state index contributed by atoms with van der Waals surface area (Å²) in [6.45, 7) is 9.44. The van der Waals surface area contributed by atoms with Crippen LogP contribution < -0.4 is 4.90 Å². The van der Waals surface area contributed by atoms with Crippen LogP contribution in [0.25, 0.3) is 60.2 Å². The standard InChI is InChI=1S/C52H40N2S/c1-51(2)44-15-9-8-13-40(44)41-27-26-39(32-47(41)51)53(37-22-17-34(18-23-37)33-11-6-5-7-12-33)38-24-19-35(20-25-38)36-21-28-48-43(31-36)42-14-10-16-45-49(42)54(48)50-46(29-30-55-50)52(45,3)4/h5-32H,1-4H3. The smallest absolute Gasteiger partial charge is 0.104 e. The molecule has 2 aliphatic rings. The molecule has 264 valence electrons.